The lowest BCUT2D eigenvalue weighted by Crippen LogP contribution is -2.26. The minimum atomic E-state index is -0.694. The van der Waals surface area contributed by atoms with Crippen LogP contribution in [0.4, 0.5) is 0 Å². The molecule has 0 amide bonds. The summed E-state index contributed by atoms with van der Waals surface area (Å²) in [5.41, 5.74) is 0. The van der Waals surface area contributed by atoms with Gasteiger partial charge >= 0.3 is 5.97 Å². The Morgan fingerprint density at radius 1 is 1.42 bits per heavy atom. The van der Waals surface area contributed by atoms with Crippen LogP contribution < -0.4 is 0 Å². The Hall–Kier alpha value is -1.43. The third-order valence-corrected chi connectivity index (χ3v) is 3.45. The Labute approximate surface area is 112 Å². The molecule has 1 N–H and O–H groups in total. The van der Waals surface area contributed by atoms with Gasteiger partial charge in [-0.05, 0) is 32.1 Å². The number of ether oxygens (including phenoxy) is 1. The molecule has 2 rings (SSSR count). The molecule has 1 aromatic heterocycles. The van der Waals surface area contributed by atoms with Crippen molar-refractivity contribution in [1.82, 2.24) is 10.1 Å². The van der Waals surface area contributed by atoms with Gasteiger partial charge < -0.3 is 14.4 Å². The average Bonchev–Trinajstić information content (AvgIpc) is 2.85. The van der Waals surface area contributed by atoms with E-state index < -0.39 is 5.97 Å². The van der Waals surface area contributed by atoms with Gasteiger partial charge in [-0.25, -0.2) is 0 Å². The summed E-state index contributed by atoms with van der Waals surface area (Å²) >= 11 is 0. The number of aliphatic carboxylic acids is 1. The molecule has 1 aliphatic rings. The van der Waals surface area contributed by atoms with Crippen LogP contribution in [0.2, 0.25) is 0 Å². The quantitative estimate of drug-likeness (QED) is 0.851. The Morgan fingerprint density at radius 2 is 2.16 bits per heavy atom. The number of hydrogen-bond acceptors (Lipinski definition) is 5. The number of carboxylic acids is 1. The molecule has 1 fully saturated rings. The topological polar surface area (TPSA) is 85.5 Å². The summed E-state index contributed by atoms with van der Waals surface area (Å²) in [5.74, 6) is 0.321. The number of nitrogens with zero attached hydrogens (tertiary/aromatic N) is 2. The second kappa shape index (κ2) is 6.65. The van der Waals surface area contributed by atoms with Gasteiger partial charge in [-0.1, -0.05) is 12.1 Å². The Kier molecular flexibility index (Phi) is 4.90. The smallest absolute Gasteiger partial charge is 0.306 e. The number of rotatable bonds is 6. The van der Waals surface area contributed by atoms with E-state index in [1.807, 2.05) is 0 Å². The van der Waals surface area contributed by atoms with Crippen LogP contribution in [0.5, 0.6) is 0 Å². The highest BCUT2D eigenvalue weighted by atomic mass is 16.5. The van der Waals surface area contributed by atoms with Crippen molar-refractivity contribution in [3.63, 3.8) is 0 Å². The molecule has 0 bridgehead atoms. The van der Waals surface area contributed by atoms with Crippen molar-refractivity contribution in [1.29, 1.82) is 0 Å². The van der Waals surface area contributed by atoms with E-state index >= 15 is 0 Å². The van der Waals surface area contributed by atoms with Crippen LogP contribution in [0.1, 0.15) is 50.7 Å². The average molecular weight is 268 g/mol. The maximum Gasteiger partial charge on any atom is 0.306 e. The van der Waals surface area contributed by atoms with Crippen molar-refractivity contribution in [2.45, 2.75) is 58.2 Å². The highest BCUT2D eigenvalue weighted by molar-refractivity contribution is 5.70. The third-order valence-electron chi connectivity index (χ3n) is 3.45. The van der Waals surface area contributed by atoms with Gasteiger partial charge in [0.05, 0.1) is 12.0 Å². The van der Waals surface area contributed by atoms with Crippen molar-refractivity contribution >= 4 is 5.97 Å². The van der Waals surface area contributed by atoms with Gasteiger partial charge in [0, 0.05) is 6.42 Å². The lowest BCUT2D eigenvalue weighted by Gasteiger charge is -2.25. The maximum absolute atomic E-state index is 10.8. The predicted molar refractivity (Wildman–Crippen MR) is 66.5 cm³/mol. The summed E-state index contributed by atoms with van der Waals surface area (Å²) in [7, 11) is 0. The van der Waals surface area contributed by atoms with E-state index in [1.54, 1.807) is 0 Å². The zero-order chi connectivity index (χ0) is 13.7. The fraction of sp³-hybridized carbons (Fsp3) is 0.769. The molecule has 106 valence electrons. The summed E-state index contributed by atoms with van der Waals surface area (Å²) in [6.45, 7) is 2.40. The summed E-state index contributed by atoms with van der Waals surface area (Å²) in [4.78, 5) is 15.1. The minimum absolute atomic E-state index is 0.115. The molecule has 1 aromatic rings. The minimum Gasteiger partial charge on any atom is -0.481 e. The molecule has 0 saturated heterocycles. The second-order valence-electron chi connectivity index (χ2n) is 4.98. The van der Waals surface area contributed by atoms with Gasteiger partial charge in [0.2, 0.25) is 5.89 Å². The molecular weight excluding hydrogens is 248 g/mol. The van der Waals surface area contributed by atoms with Gasteiger partial charge in [0.15, 0.2) is 5.82 Å². The van der Waals surface area contributed by atoms with Crippen LogP contribution >= 0.6 is 0 Å². The molecule has 0 atom stereocenters. The fourth-order valence-electron chi connectivity index (χ4n) is 2.33. The van der Waals surface area contributed by atoms with Crippen molar-refractivity contribution < 1.29 is 19.2 Å². The van der Waals surface area contributed by atoms with Gasteiger partial charge in [-0.3, -0.25) is 4.79 Å². The summed E-state index contributed by atoms with van der Waals surface area (Å²) in [6.07, 6.45) is 4.83. The number of aromatic nitrogens is 2. The standard InChI is InChI=1S/C13H20N2O4/c1-2-3-12-14-11(15-19-12)8-18-10-6-4-9(5-7-10)13(16)17/h9-10H,2-8H2,1H3,(H,16,17). The zero-order valence-corrected chi connectivity index (χ0v) is 11.2. The fourth-order valence-corrected chi connectivity index (χ4v) is 2.33. The van der Waals surface area contributed by atoms with Crippen molar-refractivity contribution in [2.24, 2.45) is 5.92 Å². The first-order valence-corrected chi connectivity index (χ1v) is 6.85. The lowest BCUT2D eigenvalue weighted by atomic mass is 9.87. The number of hydrogen-bond donors (Lipinski definition) is 1. The van der Waals surface area contributed by atoms with Crippen molar-refractivity contribution in [2.75, 3.05) is 0 Å². The molecule has 0 spiro atoms. The summed E-state index contributed by atoms with van der Waals surface area (Å²) < 4.78 is 10.8. The molecule has 19 heavy (non-hydrogen) atoms. The van der Waals surface area contributed by atoms with Gasteiger partial charge in [-0.2, -0.15) is 4.98 Å². The van der Waals surface area contributed by atoms with E-state index in [0.717, 1.165) is 25.7 Å². The molecule has 1 aliphatic carbocycles. The highest BCUT2D eigenvalue weighted by Crippen LogP contribution is 2.26. The zero-order valence-electron chi connectivity index (χ0n) is 11.2. The normalized spacial score (nSPS) is 23.4. The van der Waals surface area contributed by atoms with Crippen LogP contribution in [-0.2, 0) is 22.6 Å². The van der Waals surface area contributed by atoms with Gasteiger partial charge in [-0.15, -0.1) is 0 Å². The largest absolute Gasteiger partial charge is 0.481 e. The van der Waals surface area contributed by atoms with E-state index in [4.69, 9.17) is 14.4 Å². The molecular formula is C13H20N2O4. The second-order valence-corrected chi connectivity index (χ2v) is 4.98. The van der Waals surface area contributed by atoms with Crippen molar-refractivity contribution in [3.05, 3.63) is 11.7 Å². The summed E-state index contributed by atoms with van der Waals surface area (Å²) in [5, 5.41) is 12.8. The molecule has 0 radical (unpaired) electrons. The molecule has 0 aliphatic heterocycles. The summed E-state index contributed by atoms with van der Waals surface area (Å²) in [6, 6.07) is 0. The molecule has 1 saturated carbocycles. The maximum atomic E-state index is 10.8. The van der Waals surface area contributed by atoms with E-state index in [2.05, 4.69) is 17.1 Å². The van der Waals surface area contributed by atoms with Crippen LogP contribution in [-0.4, -0.2) is 27.3 Å². The highest BCUT2D eigenvalue weighted by Gasteiger charge is 2.26. The first-order chi connectivity index (χ1) is 9.19. The van der Waals surface area contributed by atoms with Gasteiger partial charge in [0.1, 0.15) is 6.61 Å². The SMILES string of the molecule is CCCc1nc(COC2CCC(C(=O)O)CC2)no1. The molecule has 0 aromatic carbocycles. The first-order valence-electron chi connectivity index (χ1n) is 6.85. The Balaban J connectivity index is 1.72. The molecule has 1 heterocycles. The van der Waals surface area contributed by atoms with Crippen LogP contribution in [0.15, 0.2) is 4.52 Å². The van der Waals surface area contributed by atoms with Crippen LogP contribution in [0.25, 0.3) is 0 Å². The molecule has 0 unspecified atom stereocenters. The number of aryl methyl sites for hydroxylation is 1. The van der Waals surface area contributed by atoms with Crippen molar-refractivity contribution in [3.8, 4) is 0 Å². The Morgan fingerprint density at radius 3 is 2.79 bits per heavy atom. The van der Waals surface area contributed by atoms with Gasteiger partial charge in [0.25, 0.3) is 0 Å². The van der Waals surface area contributed by atoms with Crippen LogP contribution in [0.3, 0.4) is 0 Å². The van der Waals surface area contributed by atoms with Crippen LogP contribution in [0, 0.1) is 5.92 Å². The van der Waals surface area contributed by atoms with E-state index in [1.165, 1.54) is 0 Å². The Bertz CT molecular complexity index is 411. The number of carboxylic acid groups (broad SMARTS) is 1. The monoisotopic (exact) mass is 268 g/mol. The van der Waals surface area contributed by atoms with E-state index in [0.29, 0.717) is 31.2 Å². The van der Waals surface area contributed by atoms with E-state index in [9.17, 15) is 4.79 Å². The predicted octanol–water partition coefficient (Wildman–Crippen LogP) is 2.18. The number of carbonyl (C=O) groups is 1. The van der Waals surface area contributed by atoms with E-state index in [-0.39, 0.29) is 12.0 Å². The molecule has 6 nitrogen and oxygen atoms in total. The third kappa shape index (κ3) is 4.02. The lowest BCUT2D eigenvalue weighted by molar-refractivity contribution is -0.143. The first kappa shape index (κ1) is 14.0. The molecule has 6 heteroatoms.